The number of hydrogen-bond donors (Lipinski definition) is 2. The first kappa shape index (κ1) is 19.1. The molecule has 0 atom stereocenters. The molecule has 27 heavy (non-hydrogen) atoms. The first-order valence-corrected chi connectivity index (χ1v) is 10.2. The van der Waals surface area contributed by atoms with Crippen LogP contribution in [0.25, 0.3) is 11.4 Å². The molecule has 0 bridgehead atoms. The van der Waals surface area contributed by atoms with Gasteiger partial charge in [0.15, 0.2) is 5.69 Å². The zero-order valence-corrected chi connectivity index (χ0v) is 16.4. The Morgan fingerprint density at radius 2 is 1.81 bits per heavy atom. The Labute approximate surface area is 162 Å². The van der Waals surface area contributed by atoms with E-state index in [-0.39, 0.29) is 10.6 Å². The van der Waals surface area contributed by atoms with E-state index < -0.39 is 15.9 Å². The predicted molar refractivity (Wildman–Crippen MR) is 104 cm³/mol. The summed E-state index contributed by atoms with van der Waals surface area (Å²) >= 11 is 5.90. The molecule has 0 aliphatic heterocycles. The van der Waals surface area contributed by atoms with Gasteiger partial charge in [0.05, 0.1) is 4.90 Å². The molecule has 2 aromatic carbocycles. The number of aromatic nitrogens is 2. The summed E-state index contributed by atoms with van der Waals surface area (Å²) in [6.45, 7) is 3.52. The summed E-state index contributed by atoms with van der Waals surface area (Å²) in [5.74, 6) is -0.298. The first-order chi connectivity index (χ1) is 12.8. The highest BCUT2D eigenvalue weighted by atomic mass is 35.5. The Bertz CT molecular complexity index is 1090. The third-order valence-electron chi connectivity index (χ3n) is 4.08. The van der Waals surface area contributed by atoms with Crippen LogP contribution < -0.4 is 4.72 Å². The van der Waals surface area contributed by atoms with Gasteiger partial charge < -0.3 is 4.98 Å². The molecule has 6 nitrogen and oxygen atoms in total. The number of nitrogens with one attached hydrogen (secondary N) is 2. The van der Waals surface area contributed by atoms with Crippen molar-refractivity contribution in [3.63, 3.8) is 0 Å². The summed E-state index contributed by atoms with van der Waals surface area (Å²) in [7, 11) is -4.00. The summed E-state index contributed by atoms with van der Waals surface area (Å²) < 4.78 is 27.2. The molecule has 140 valence electrons. The summed E-state index contributed by atoms with van der Waals surface area (Å²) in [4.78, 5) is 20.1. The Morgan fingerprint density at radius 3 is 2.44 bits per heavy atom. The molecular weight excluding hydrogens is 386 g/mol. The molecular formula is C19H18ClN3O3S. The minimum Gasteiger partial charge on any atom is -0.341 e. The smallest absolute Gasteiger partial charge is 0.285 e. The summed E-state index contributed by atoms with van der Waals surface area (Å²) in [6.07, 6.45) is 0.494. The van der Waals surface area contributed by atoms with Gasteiger partial charge in [-0.15, -0.1) is 0 Å². The lowest BCUT2D eigenvalue weighted by Gasteiger charge is -2.08. The maximum absolute atomic E-state index is 12.6. The molecule has 0 unspecified atom stereocenters. The Balaban J connectivity index is 1.93. The normalized spacial score (nSPS) is 11.4. The fraction of sp³-hybridized carbons (Fsp3) is 0.158. The van der Waals surface area contributed by atoms with Gasteiger partial charge in [0.2, 0.25) is 0 Å². The summed E-state index contributed by atoms with van der Waals surface area (Å²) in [5, 5.41) is 0.586. The molecule has 0 aliphatic carbocycles. The fourth-order valence-corrected chi connectivity index (χ4v) is 4.01. The minimum atomic E-state index is -4.00. The minimum absolute atomic E-state index is 0.0552. The molecule has 3 rings (SSSR count). The molecule has 8 heteroatoms. The number of rotatable bonds is 5. The van der Waals surface area contributed by atoms with Gasteiger partial charge in [-0.1, -0.05) is 36.7 Å². The molecule has 0 aliphatic rings. The van der Waals surface area contributed by atoms with E-state index in [1.165, 1.54) is 6.07 Å². The maximum atomic E-state index is 12.6. The van der Waals surface area contributed by atoms with E-state index in [4.69, 9.17) is 11.6 Å². The third-order valence-corrected chi connectivity index (χ3v) is 5.82. The second kappa shape index (κ2) is 7.54. The van der Waals surface area contributed by atoms with Gasteiger partial charge in [-0.3, -0.25) is 4.79 Å². The van der Waals surface area contributed by atoms with Crippen LogP contribution in [0.4, 0.5) is 0 Å². The molecule has 1 aromatic heterocycles. The number of nitrogens with zero attached hydrogens (tertiary/aromatic N) is 1. The topological polar surface area (TPSA) is 91.9 Å². The lowest BCUT2D eigenvalue weighted by Crippen LogP contribution is -2.32. The van der Waals surface area contributed by atoms with Gasteiger partial charge in [0, 0.05) is 16.3 Å². The van der Waals surface area contributed by atoms with Crippen LogP contribution >= 0.6 is 11.6 Å². The van der Waals surface area contributed by atoms with Crippen molar-refractivity contribution < 1.29 is 13.2 Å². The number of amides is 1. The van der Waals surface area contributed by atoms with E-state index >= 15 is 0 Å². The van der Waals surface area contributed by atoms with Crippen LogP contribution in [0, 0.1) is 6.92 Å². The second-order valence-electron chi connectivity index (χ2n) is 5.97. The van der Waals surface area contributed by atoms with Crippen molar-refractivity contribution in [2.75, 3.05) is 0 Å². The van der Waals surface area contributed by atoms with Crippen LogP contribution in [-0.2, 0) is 16.4 Å². The highest BCUT2D eigenvalue weighted by Crippen LogP contribution is 2.21. The Hall–Kier alpha value is -2.64. The number of aryl methyl sites for hydroxylation is 2. The van der Waals surface area contributed by atoms with Gasteiger partial charge in [0.1, 0.15) is 5.82 Å². The van der Waals surface area contributed by atoms with Crippen molar-refractivity contribution in [1.29, 1.82) is 0 Å². The van der Waals surface area contributed by atoms with E-state index in [9.17, 15) is 13.2 Å². The Kier molecular flexibility index (Phi) is 5.34. The quantitative estimate of drug-likeness (QED) is 0.679. The maximum Gasteiger partial charge on any atom is 0.285 e. The van der Waals surface area contributed by atoms with Crippen LogP contribution in [0.5, 0.6) is 0 Å². The number of carbonyl (C=O) groups excluding carboxylic acids is 1. The van der Waals surface area contributed by atoms with E-state index in [2.05, 4.69) is 14.7 Å². The predicted octanol–water partition coefficient (Wildman–Crippen LogP) is 3.72. The van der Waals surface area contributed by atoms with Crippen LogP contribution in [0.2, 0.25) is 5.02 Å². The second-order valence-corrected chi connectivity index (χ2v) is 8.06. The van der Waals surface area contributed by atoms with Crippen LogP contribution in [0.3, 0.4) is 0 Å². The van der Waals surface area contributed by atoms with Crippen LogP contribution in [-0.4, -0.2) is 24.3 Å². The summed E-state index contributed by atoms with van der Waals surface area (Å²) in [5.41, 5.74) is 1.91. The molecule has 1 heterocycles. The van der Waals surface area contributed by atoms with E-state index in [1.54, 1.807) is 49.4 Å². The number of sulfonamides is 1. The van der Waals surface area contributed by atoms with Gasteiger partial charge in [-0.25, -0.2) is 18.1 Å². The Morgan fingerprint density at radius 1 is 1.15 bits per heavy atom. The number of hydrogen-bond acceptors (Lipinski definition) is 4. The van der Waals surface area contributed by atoms with E-state index in [0.29, 0.717) is 28.5 Å². The lowest BCUT2D eigenvalue weighted by molar-refractivity contribution is 0.0976. The van der Waals surface area contributed by atoms with Crippen molar-refractivity contribution in [3.8, 4) is 11.4 Å². The van der Waals surface area contributed by atoms with E-state index in [0.717, 1.165) is 5.56 Å². The number of aromatic amines is 1. The monoisotopic (exact) mass is 403 g/mol. The van der Waals surface area contributed by atoms with Gasteiger partial charge in [-0.05, 0) is 49.2 Å². The third kappa shape index (κ3) is 4.04. The fourth-order valence-electron chi connectivity index (χ4n) is 2.68. The lowest BCUT2D eigenvalue weighted by atomic mass is 10.2. The van der Waals surface area contributed by atoms with Crippen molar-refractivity contribution in [1.82, 2.24) is 14.7 Å². The SMILES string of the molecule is CCc1[nH]c(-c2ccc(Cl)cc2)nc1C(=O)NS(=O)(=O)c1ccccc1C. The van der Waals surface area contributed by atoms with Crippen molar-refractivity contribution in [2.45, 2.75) is 25.2 Å². The highest BCUT2D eigenvalue weighted by Gasteiger charge is 2.24. The summed E-state index contributed by atoms with van der Waals surface area (Å²) in [6, 6.07) is 13.4. The zero-order valence-electron chi connectivity index (χ0n) is 14.8. The largest absolute Gasteiger partial charge is 0.341 e. The number of H-pyrrole nitrogens is 1. The molecule has 1 amide bonds. The van der Waals surface area contributed by atoms with Gasteiger partial charge in [-0.2, -0.15) is 0 Å². The van der Waals surface area contributed by atoms with Crippen LogP contribution in [0.15, 0.2) is 53.4 Å². The first-order valence-electron chi connectivity index (χ1n) is 8.29. The molecule has 0 fully saturated rings. The number of carbonyl (C=O) groups is 1. The number of imidazole rings is 1. The molecule has 2 N–H and O–H groups in total. The van der Waals surface area contributed by atoms with Gasteiger partial charge >= 0.3 is 0 Å². The van der Waals surface area contributed by atoms with Crippen LogP contribution in [0.1, 0.15) is 28.7 Å². The standard InChI is InChI=1S/C19H18ClN3O3S/c1-3-15-17(22-18(21-15)13-8-10-14(20)11-9-13)19(24)23-27(25,26)16-7-5-4-6-12(16)2/h4-11H,3H2,1-2H3,(H,21,22)(H,23,24). The number of benzene rings is 2. The average Bonchev–Trinajstić information content (AvgIpc) is 3.07. The zero-order chi connectivity index (χ0) is 19.6. The van der Waals surface area contributed by atoms with E-state index in [1.807, 2.05) is 6.92 Å². The van der Waals surface area contributed by atoms with Crippen molar-refractivity contribution in [2.24, 2.45) is 0 Å². The number of halogens is 1. The molecule has 0 saturated heterocycles. The van der Waals surface area contributed by atoms with Crippen molar-refractivity contribution in [3.05, 3.63) is 70.5 Å². The highest BCUT2D eigenvalue weighted by molar-refractivity contribution is 7.90. The molecule has 3 aromatic rings. The molecule has 0 saturated carbocycles. The van der Waals surface area contributed by atoms with Gasteiger partial charge in [0.25, 0.3) is 15.9 Å². The molecule has 0 radical (unpaired) electrons. The molecule has 0 spiro atoms. The van der Waals surface area contributed by atoms with Crippen molar-refractivity contribution >= 4 is 27.5 Å². The average molecular weight is 404 g/mol.